The highest BCUT2D eigenvalue weighted by molar-refractivity contribution is 8.02. The SMILES string of the molecule is CS/C(C)=C/c1cn(-c2ccccc2)nn1. The van der Waals surface area contributed by atoms with E-state index in [1.807, 2.05) is 48.9 Å². The van der Waals surface area contributed by atoms with E-state index in [9.17, 15) is 0 Å². The second-order valence-electron chi connectivity index (χ2n) is 3.38. The van der Waals surface area contributed by atoms with Crippen molar-refractivity contribution >= 4 is 17.8 Å². The summed E-state index contributed by atoms with van der Waals surface area (Å²) >= 11 is 1.71. The molecule has 4 heteroatoms. The number of rotatable bonds is 3. The van der Waals surface area contributed by atoms with E-state index in [0.29, 0.717) is 0 Å². The standard InChI is InChI=1S/C12H13N3S/c1-10(16-2)8-11-9-15(14-13-11)12-6-4-3-5-7-12/h3-9H,1-2H3/b10-8+. The number of nitrogens with zero attached hydrogens (tertiary/aromatic N) is 3. The molecule has 0 aliphatic carbocycles. The van der Waals surface area contributed by atoms with Crippen LogP contribution in [0.15, 0.2) is 41.4 Å². The van der Waals surface area contributed by atoms with Gasteiger partial charge in [-0.25, -0.2) is 4.68 Å². The van der Waals surface area contributed by atoms with E-state index < -0.39 is 0 Å². The fourth-order valence-corrected chi connectivity index (χ4v) is 1.56. The second kappa shape index (κ2) is 4.99. The molecule has 0 unspecified atom stereocenters. The molecule has 0 bridgehead atoms. The molecule has 1 heterocycles. The van der Waals surface area contributed by atoms with Gasteiger partial charge in [0.25, 0.3) is 0 Å². The van der Waals surface area contributed by atoms with Crippen molar-refractivity contribution in [1.82, 2.24) is 15.0 Å². The van der Waals surface area contributed by atoms with E-state index in [1.54, 1.807) is 16.4 Å². The minimum atomic E-state index is 0.885. The molecule has 0 aliphatic rings. The molecule has 3 nitrogen and oxygen atoms in total. The maximum absolute atomic E-state index is 4.10. The summed E-state index contributed by atoms with van der Waals surface area (Å²) in [4.78, 5) is 1.22. The van der Waals surface area contributed by atoms with Gasteiger partial charge < -0.3 is 0 Å². The third kappa shape index (κ3) is 2.52. The van der Waals surface area contributed by atoms with Gasteiger partial charge in [-0.15, -0.1) is 16.9 Å². The Hall–Kier alpha value is -1.55. The molecular weight excluding hydrogens is 218 g/mol. The van der Waals surface area contributed by atoms with Gasteiger partial charge in [0.2, 0.25) is 0 Å². The topological polar surface area (TPSA) is 30.7 Å². The Morgan fingerprint density at radius 3 is 2.75 bits per heavy atom. The van der Waals surface area contributed by atoms with Crippen LogP contribution in [0.4, 0.5) is 0 Å². The van der Waals surface area contributed by atoms with Crippen LogP contribution in [-0.4, -0.2) is 21.2 Å². The second-order valence-corrected chi connectivity index (χ2v) is 4.43. The van der Waals surface area contributed by atoms with E-state index in [-0.39, 0.29) is 0 Å². The first kappa shape index (κ1) is 11.0. The van der Waals surface area contributed by atoms with Crippen LogP contribution in [0.25, 0.3) is 11.8 Å². The molecule has 1 aromatic heterocycles. The van der Waals surface area contributed by atoms with Gasteiger partial charge in [-0.1, -0.05) is 23.4 Å². The molecule has 0 fully saturated rings. The number of aromatic nitrogens is 3. The average Bonchev–Trinajstić information content (AvgIpc) is 2.78. The van der Waals surface area contributed by atoms with Crippen molar-refractivity contribution in [3.05, 3.63) is 47.1 Å². The number of thioether (sulfide) groups is 1. The summed E-state index contributed by atoms with van der Waals surface area (Å²) < 4.78 is 1.78. The molecular formula is C12H13N3S. The van der Waals surface area contributed by atoms with Gasteiger partial charge in [0.05, 0.1) is 11.9 Å². The Morgan fingerprint density at radius 1 is 1.31 bits per heavy atom. The lowest BCUT2D eigenvalue weighted by molar-refractivity contribution is 0.802. The molecule has 16 heavy (non-hydrogen) atoms. The Balaban J connectivity index is 2.27. The predicted molar refractivity (Wildman–Crippen MR) is 68.5 cm³/mol. The number of para-hydroxylation sites is 1. The number of allylic oxidation sites excluding steroid dienone is 1. The van der Waals surface area contributed by atoms with Gasteiger partial charge >= 0.3 is 0 Å². The van der Waals surface area contributed by atoms with Gasteiger partial charge in [-0.05, 0) is 36.3 Å². The number of hydrogen-bond acceptors (Lipinski definition) is 3. The van der Waals surface area contributed by atoms with Gasteiger partial charge in [0.1, 0.15) is 5.69 Å². The Labute approximate surface area is 99.2 Å². The highest BCUT2D eigenvalue weighted by Crippen LogP contribution is 2.14. The summed E-state index contributed by atoms with van der Waals surface area (Å²) in [5, 5.41) is 8.19. The summed E-state index contributed by atoms with van der Waals surface area (Å²) in [6.45, 7) is 2.06. The van der Waals surface area contributed by atoms with Crippen LogP contribution in [0.3, 0.4) is 0 Å². The lowest BCUT2D eigenvalue weighted by Crippen LogP contribution is -1.93. The van der Waals surface area contributed by atoms with Gasteiger partial charge in [-0.2, -0.15) is 0 Å². The lowest BCUT2D eigenvalue weighted by Gasteiger charge is -1.96. The van der Waals surface area contributed by atoms with Crippen LogP contribution >= 0.6 is 11.8 Å². The normalized spacial score (nSPS) is 11.8. The molecule has 0 aliphatic heterocycles. The predicted octanol–water partition coefficient (Wildman–Crippen LogP) is 2.99. The summed E-state index contributed by atoms with van der Waals surface area (Å²) in [5.74, 6) is 0. The largest absolute Gasteiger partial charge is 0.220 e. The highest BCUT2D eigenvalue weighted by atomic mass is 32.2. The smallest absolute Gasteiger partial charge is 0.107 e. The molecule has 2 aromatic rings. The van der Waals surface area contributed by atoms with Crippen LogP contribution in [0, 0.1) is 0 Å². The van der Waals surface area contributed by atoms with E-state index >= 15 is 0 Å². The first-order valence-corrected chi connectivity index (χ1v) is 6.22. The van der Waals surface area contributed by atoms with Crippen LogP contribution in [-0.2, 0) is 0 Å². The van der Waals surface area contributed by atoms with E-state index in [2.05, 4.69) is 17.2 Å². The first-order valence-electron chi connectivity index (χ1n) is 4.99. The quantitative estimate of drug-likeness (QED) is 0.813. The van der Waals surface area contributed by atoms with Crippen molar-refractivity contribution < 1.29 is 0 Å². The van der Waals surface area contributed by atoms with Crippen molar-refractivity contribution in [2.45, 2.75) is 6.92 Å². The van der Waals surface area contributed by atoms with Crippen molar-refractivity contribution in [3.8, 4) is 5.69 Å². The van der Waals surface area contributed by atoms with Crippen LogP contribution in [0.5, 0.6) is 0 Å². The Morgan fingerprint density at radius 2 is 2.06 bits per heavy atom. The zero-order valence-electron chi connectivity index (χ0n) is 9.29. The third-order valence-corrected chi connectivity index (χ3v) is 2.97. The van der Waals surface area contributed by atoms with Crippen molar-refractivity contribution in [1.29, 1.82) is 0 Å². The minimum absolute atomic E-state index is 0.885. The van der Waals surface area contributed by atoms with Crippen molar-refractivity contribution in [2.24, 2.45) is 0 Å². The number of benzene rings is 1. The van der Waals surface area contributed by atoms with Crippen molar-refractivity contribution in [2.75, 3.05) is 6.26 Å². The Bertz CT molecular complexity index is 488. The van der Waals surface area contributed by atoms with Gasteiger partial charge in [0.15, 0.2) is 0 Å². The summed E-state index contributed by atoms with van der Waals surface area (Å²) in [6.07, 6.45) is 6.00. The zero-order chi connectivity index (χ0) is 11.4. The maximum Gasteiger partial charge on any atom is 0.107 e. The third-order valence-electron chi connectivity index (χ3n) is 2.20. The van der Waals surface area contributed by atoms with Crippen LogP contribution in [0.2, 0.25) is 0 Å². The summed E-state index contributed by atoms with van der Waals surface area (Å²) in [5.41, 5.74) is 1.91. The molecule has 0 radical (unpaired) electrons. The van der Waals surface area contributed by atoms with Crippen molar-refractivity contribution in [3.63, 3.8) is 0 Å². The number of hydrogen-bond donors (Lipinski definition) is 0. The monoisotopic (exact) mass is 231 g/mol. The molecule has 1 aromatic carbocycles. The minimum Gasteiger partial charge on any atom is -0.220 e. The molecule has 0 saturated carbocycles. The summed E-state index contributed by atoms with van der Waals surface area (Å²) in [6, 6.07) is 9.96. The van der Waals surface area contributed by atoms with Gasteiger partial charge in [0, 0.05) is 0 Å². The molecule has 2 rings (SSSR count). The molecule has 0 saturated heterocycles. The molecule has 0 amide bonds. The van der Waals surface area contributed by atoms with Crippen LogP contribution in [0.1, 0.15) is 12.6 Å². The van der Waals surface area contributed by atoms with E-state index in [1.165, 1.54) is 4.91 Å². The molecule has 0 atom stereocenters. The fraction of sp³-hybridized carbons (Fsp3) is 0.167. The van der Waals surface area contributed by atoms with E-state index in [4.69, 9.17) is 0 Å². The fourth-order valence-electron chi connectivity index (χ4n) is 1.32. The van der Waals surface area contributed by atoms with E-state index in [0.717, 1.165) is 11.4 Å². The average molecular weight is 231 g/mol. The maximum atomic E-state index is 4.10. The zero-order valence-corrected chi connectivity index (χ0v) is 10.1. The van der Waals surface area contributed by atoms with Crippen LogP contribution < -0.4 is 0 Å². The highest BCUT2D eigenvalue weighted by Gasteiger charge is 1.99. The lowest BCUT2D eigenvalue weighted by atomic mass is 10.3. The van der Waals surface area contributed by atoms with Gasteiger partial charge in [-0.3, -0.25) is 0 Å². The molecule has 82 valence electrons. The summed E-state index contributed by atoms with van der Waals surface area (Å²) in [7, 11) is 0. The first-order chi connectivity index (χ1) is 7.79. The molecule has 0 N–H and O–H groups in total. The Kier molecular flexibility index (Phi) is 3.41. The molecule has 0 spiro atoms.